The SMILES string of the molecule is CC1(C)c2ccccc2-c2ccc(-c3ccc4c(c3)oc3cccc(Cl)c34)cc21. The van der Waals surface area contributed by atoms with Gasteiger partial charge in [0.1, 0.15) is 11.2 Å². The van der Waals surface area contributed by atoms with E-state index in [9.17, 15) is 0 Å². The van der Waals surface area contributed by atoms with E-state index in [1.54, 1.807) is 0 Å². The number of furan rings is 1. The van der Waals surface area contributed by atoms with Gasteiger partial charge in [0.15, 0.2) is 0 Å². The molecule has 29 heavy (non-hydrogen) atoms. The van der Waals surface area contributed by atoms with Crippen molar-refractivity contribution in [2.75, 3.05) is 0 Å². The Morgan fingerprint density at radius 1 is 0.690 bits per heavy atom. The van der Waals surface area contributed by atoms with Crippen LogP contribution in [0.5, 0.6) is 0 Å². The average Bonchev–Trinajstić information content (AvgIpc) is 3.22. The van der Waals surface area contributed by atoms with Crippen LogP contribution < -0.4 is 0 Å². The van der Waals surface area contributed by atoms with E-state index in [4.69, 9.17) is 16.0 Å². The predicted octanol–water partition coefficient (Wildman–Crippen LogP) is 8.21. The van der Waals surface area contributed by atoms with E-state index in [1.165, 1.54) is 27.8 Å². The molecule has 0 atom stereocenters. The van der Waals surface area contributed by atoms with Crippen molar-refractivity contribution in [2.24, 2.45) is 0 Å². The molecule has 6 rings (SSSR count). The molecule has 5 aromatic rings. The Morgan fingerprint density at radius 3 is 2.34 bits per heavy atom. The van der Waals surface area contributed by atoms with Crippen molar-refractivity contribution >= 4 is 33.5 Å². The van der Waals surface area contributed by atoms with Gasteiger partial charge in [-0.3, -0.25) is 0 Å². The maximum absolute atomic E-state index is 6.41. The molecule has 0 unspecified atom stereocenters. The summed E-state index contributed by atoms with van der Waals surface area (Å²) in [6.07, 6.45) is 0. The molecular weight excluding hydrogens is 376 g/mol. The van der Waals surface area contributed by atoms with Crippen LogP contribution >= 0.6 is 11.6 Å². The molecule has 140 valence electrons. The third-order valence-electron chi connectivity index (χ3n) is 6.36. The lowest BCUT2D eigenvalue weighted by Gasteiger charge is -2.22. The molecule has 4 aromatic carbocycles. The summed E-state index contributed by atoms with van der Waals surface area (Å²) in [6, 6.07) is 27.8. The fourth-order valence-electron chi connectivity index (χ4n) is 4.85. The molecule has 0 fully saturated rings. The normalized spacial score (nSPS) is 14.3. The molecule has 0 N–H and O–H groups in total. The lowest BCUT2D eigenvalue weighted by atomic mass is 9.81. The van der Waals surface area contributed by atoms with Gasteiger partial charge in [0, 0.05) is 16.2 Å². The summed E-state index contributed by atoms with van der Waals surface area (Å²) in [4.78, 5) is 0. The Labute approximate surface area is 174 Å². The van der Waals surface area contributed by atoms with Gasteiger partial charge >= 0.3 is 0 Å². The molecule has 1 aliphatic rings. The van der Waals surface area contributed by atoms with E-state index in [-0.39, 0.29) is 5.41 Å². The van der Waals surface area contributed by atoms with Crippen molar-refractivity contribution < 1.29 is 4.42 Å². The first-order chi connectivity index (χ1) is 14.0. The van der Waals surface area contributed by atoms with Crippen molar-refractivity contribution in [3.63, 3.8) is 0 Å². The lowest BCUT2D eigenvalue weighted by molar-refractivity contribution is 0.660. The topological polar surface area (TPSA) is 13.1 Å². The minimum atomic E-state index is -0.00107. The molecule has 1 aromatic heterocycles. The summed E-state index contributed by atoms with van der Waals surface area (Å²) in [7, 11) is 0. The first-order valence-corrected chi connectivity index (χ1v) is 10.3. The van der Waals surface area contributed by atoms with Gasteiger partial charge < -0.3 is 4.42 Å². The van der Waals surface area contributed by atoms with Crippen LogP contribution in [0, 0.1) is 0 Å². The quantitative estimate of drug-likeness (QED) is 0.279. The Hall–Kier alpha value is -3.03. The van der Waals surface area contributed by atoms with Gasteiger partial charge in [-0.15, -0.1) is 0 Å². The Kier molecular flexibility index (Phi) is 3.34. The summed E-state index contributed by atoms with van der Waals surface area (Å²) in [6.45, 7) is 4.62. The second kappa shape index (κ2) is 5.75. The molecule has 0 aliphatic heterocycles. The highest BCUT2D eigenvalue weighted by Gasteiger charge is 2.35. The number of halogens is 1. The van der Waals surface area contributed by atoms with Crippen LogP contribution in [0.1, 0.15) is 25.0 Å². The standard InChI is InChI=1S/C27H19ClO/c1-27(2)21-7-4-3-6-18(21)19-12-10-16(14-22(19)27)17-11-13-20-25(15-17)29-24-9-5-8-23(28)26(20)24/h3-15H,1-2H3. The third kappa shape index (κ3) is 2.28. The van der Waals surface area contributed by atoms with E-state index < -0.39 is 0 Å². The first kappa shape index (κ1) is 16.9. The summed E-state index contributed by atoms with van der Waals surface area (Å²) in [5, 5.41) is 2.77. The maximum atomic E-state index is 6.41. The number of fused-ring (bicyclic) bond motifs is 6. The van der Waals surface area contributed by atoms with Gasteiger partial charge in [0.05, 0.1) is 5.02 Å². The van der Waals surface area contributed by atoms with Crippen molar-refractivity contribution in [2.45, 2.75) is 19.3 Å². The Balaban J connectivity index is 1.53. The van der Waals surface area contributed by atoms with Crippen LogP contribution in [0.3, 0.4) is 0 Å². The zero-order valence-electron chi connectivity index (χ0n) is 16.3. The summed E-state index contributed by atoms with van der Waals surface area (Å²) in [5.74, 6) is 0. The smallest absolute Gasteiger partial charge is 0.136 e. The van der Waals surface area contributed by atoms with Crippen LogP contribution in [-0.2, 0) is 5.41 Å². The highest BCUT2D eigenvalue weighted by Crippen LogP contribution is 2.49. The molecule has 1 nitrogen and oxygen atoms in total. The minimum absolute atomic E-state index is 0.00107. The van der Waals surface area contributed by atoms with Crippen LogP contribution in [0.25, 0.3) is 44.2 Å². The van der Waals surface area contributed by atoms with Crippen molar-refractivity contribution in [1.82, 2.24) is 0 Å². The Morgan fingerprint density at radius 2 is 1.45 bits per heavy atom. The molecule has 0 radical (unpaired) electrons. The summed E-state index contributed by atoms with van der Waals surface area (Å²) in [5.41, 5.74) is 9.52. The number of benzene rings is 4. The number of rotatable bonds is 1. The van der Waals surface area contributed by atoms with Gasteiger partial charge in [-0.1, -0.05) is 74.0 Å². The first-order valence-electron chi connectivity index (χ1n) is 9.89. The molecule has 0 saturated carbocycles. The predicted molar refractivity (Wildman–Crippen MR) is 122 cm³/mol. The second-order valence-electron chi connectivity index (χ2n) is 8.36. The molecular formula is C27H19ClO. The van der Waals surface area contributed by atoms with Gasteiger partial charge in [0.2, 0.25) is 0 Å². The second-order valence-corrected chi connectivity index (χ2v) is 8.76. The van der Waals surface area contributed by atoms with E-state index in [0.29, 0.717) is 0 Å². The van der Waals surface area contributed by atoms with E-state index in [2.05, 4.69) is 74.5 Å². The van der Waals surface area contributed by atoms with Crippen LogP contribution in [0.4, 0.5) is 0 Å². The number of hydrogen-bond acceptors (Lipinski definition) is 1. The lowest BCUT2D eigenvalue weighted by Crippen LogP contribution is -2.14. The van der Waals surface area contributed by atoms with Gasteiger partial charge in [-0.2, -0.15) is 0 Å². The molecule has 0 bridgehead atoms. The molecule has 1 heterocycles. The zero-order valence-corrected chi connectivity index (χ0v) is 17.0. The Bertz CT molecular complexity index is 1440. The fourth-order valence-corrected chi connectivity index (χ4v) is 5.11. The molecule has 0 saturated heterocycles. The van der Waals surface area contributed by atoms with Crippen LogP contribution in [0.2, 0.25) is 5.02 Å². The molecule has 2 heteroatoms. The number of hydrogen-bond donors (Lipinski definition) is 0. The molecule has 0 spiro atoms. The average molecular weight is 395 g/mol. The van der Waals surface area contributed by atoms with Crippen molar-refractivity contribution in [1.29, 1.82) is 0 Å². The highest BCUT2D eigenvalue weighted by atomic mass is 35.5. The fraction of sp³-hybridized carbons (Fsp3) is 0.111. The highest BCUT2D eigenvalue weighted by molar-refractivity contribution is 6.37. The van der Waals surface area contributed by atoms with E-state index in [1.807, 2.05) is 18.2 Å². The molecule has 1 aliphatic carbocycles. The van der Waals surface area contributed by atoms with Crippen molar-refractivity contribution in [3.8, 4) is 22.3 Å². The van der Waals surface area contributed by atoms with Gasteiger partial charge in [-0.05, 0) is 63.7 Å². The van der Waals surface area contributed by atoms with Crippen LogP contribution in [-0.4, -0.2) is 0 Å². The van der Waals surface area contributed by atoms with Gasteiger partial charge in [0.25, 0.3) is 0 Å². The molecule has 0 amide bonds. The maximum Gasteiger partial charge on any atom is 0.136 e. The largest absolute Gasteiger partial charge is 0.456 e. The minimum Gasteiger partial charge on any atom is -0.456 e. The monoisotopic (exact) mass is 394 g/mol. The summed E-state index contributed by atoms with van der Waals surface area (Å²) < 4.78 is 6.10. The third-order valence-corrected chi connectivity index (χ3v) is 6.68. The van der Waals surface area contributed by atoms with Gasteiger partial charge in [-0.25, -0.2) is 0 Å². The zero-order chi connectivity index (χ0) is 19.8. The van der Waals surface area contributed by atoms with Crippen LogP contribution in [0.15, 0.2) is 83.3 Å². The van der Waals surface area contributed by atoms with Crippen molar-refractivity contribution in [3.05, 3.63) is 95.0 Å². The summed E-state index contributed by atoms with van der Waals surface area (Å²) >= 11 is 6.41. The van der Waals surface area contributed by atoms with E-state index in [0.717, 1.165) is 32.5 Å². The van der Waals surface area contributed by atoms with E-state index >= 15 is 0 Å².